The van der Waals surface area contributed by atoms with E-state index in [0.29, 0.717) is 18.3 Å². The first kappa shape index (κ1) is 17.7. The maximum Gasteiger partial charge on any atom is 0.317 e. The van der Waals surface area contributed by atoms with Crippen molar-refractivity contribution in [3.8, 4) is 5.75 Å². The molecule has 0 spiro atoms. The molecule has 1 aromatic heterocycles. The second-order valence-corrected chi connectivity index (χ2v) is 7.20. The third-order valence-corrected chi connectivity index (χ3v) is 4.81. The smallest absolute Gasteiger partial charge is 0.317 e. The van der Waals surface area contributed by atoms with Gasteiger partial charge in [0.1, 0.15) is 6.10 Å². The topological polar surface area (TPSA) is 57.7 Å². The Hall–Kier alpha value is -1.63. The average Bonchev–Trinajstić information content (AvgIpc) is 3.01. The van der Waals surface area contributed by atoms with E-state index >= 15 is 0 Å². The van der Waals surface area contributed by atoms with Crippen LogP contribution in [-0.2, 0) is 0 Å². The van der Waals surface area contributed by atoms with Crippen molar-refractivity contribution in [2.24, 2.45) is 0 Å². The summed E-state index contributed by atoms with van der Waals surface area (Å²) in [5.74, 6) is 1.57. The number of thioether (sulfide) groups is 1. The van der Waals surface area contributed by atoms with E-state index in [4.69, 9.17) is 4.74 Å². The van der Waals surface area contributed by atoms with E-state index in [-0.39, 0.29) is 12.1 Å². The number of likely N-dealkylation sites (tertiary alicyclic amines) is 1. The van der Waals surface area contributed by atoms with Crippen molar-refractivity contribution in [1.82, 2.24) is 15.2 Å². The first-order chi connectivity index (χ1) is 11.0. The molecular formula is C16H26N4O2S. The zero-order chi connectivity index (χ0) is 16.8. The number of amides is 2. The van der Waals surface area contributed by atoms with Gasteiger partial charge in [-0.05, 0) is 18.4 Å². The van der Waals surface area contributed by atoms with Crippen LogP contribution >= 0.6 is 11.8 Å². The molecule has 1 aromatic rings. The lowest BCUT2D eigenvalue weighted by atomic mass is 10.3. The van der Waals surface area contributed by atoms with Crippen LogP contribution in [-0.4, -0.2) is 67.3 Å². The summed E-state index contributed by atoms with van der Waals surface area (Å²) in [7, 11) is 3.88. The van der Waals surface area contributed by atoms with Crippen LogP contribution in [0.2, 0.25) is 0 Å². The number of nitrogens with zero attached hydrogens (tertiary/aromatic N) is 3. The van der Waals surface area contributed by atoms with Gasteiger partial charge in [0.25, 0.3) is 0 Å². The molecular weight excluding hydrogens is 312 g/mol. The molecule has 2 atom stereocenters. The Morgan fingerprint density at radius 3 is 3.09 bits per heavy atom. The van der Waals surface area contributed by atoms with Crippen LogP contribution in [0.5, 0.6) is 5.75 Å². The number of ether oxygens (including phenoxy) is 1. The Balaban J connectivity index is 1.87. The van der Waals surface area contributed by atoms with E-state index < -0.39 is 0 Å². The molecule has 0 saturated carbocycles. The van der Waals surface area contributed by atoms with Crippen LogP contribution in [0.15, 0.2) is 18.3 Å². The van der Waals surface area contributed by atoms with Crippen molar-refractivity contribution in [2.75, 3.05) is 44.9 Å². The normalized spacial score (nSPS) is 18.6. The molecule has 0 unspecified atom stereocenters. The fourth-order valence-electron chi connectivity index (χ4n) is 2.42. The minimum Gasteiger partial charge on any atom is -0.485 e. The molecule has 1 fully saturated rings. The monoisotopic (exact) mass is 338 g/mol. The third kappa shape index (κ3) is 4.92. The number of hydrogen-bond acceptors (Lipinski definition) is 5. The van der Waals surface area contributed by atoms with Crippen molar-refractivity contribution in [2.45, 2.75) is 24.7 Å². The lowest BCUT2D eigenvalue weighted by molar-refractivity contribution is 0.187. The van der Waals surface area contributed by atoms with Crippen LogP contribution in [0.1, 0.15) is 13.3 Å². The first-order valence-electron chi connectivity index (χ1n) is 7.85. The van der Waals surface area contributed by atoms with Crippen molar-refractivity contribution >= 4 is 23.6 Å². The molecule has 1 aliphatic heterocycles. The highest BCUT2D eigenvalue weighted by molar-refractivity contribution is 7.99. The molecule has 0 aliphatic carbocycles. The number of pyridine rings is 1. The van der Waals surface area contributed by atoms with E-state index in [1.54, 1.807) is 18.0 Å². The zero-order valence-electron chi connectivity index (χ0n) is 14.3. The highest BCUT2D eigenvalue weighted by atomic mass is 32.2. The Bertz CT molecular complexity index is 527. The summed E-state index contributed by atoms with van der Waals surface area (Å²) in [5.41, 5.74) is 0. The molecule has 0 aromatic carbocycles. The van der Waals surface area contributed by atoms with Gasteiger partial charge in [0.05, 0.1) is 6.54 Å². The van der Waals surface area contributed by atoms with Crippen molar-refractivity contribution in [3.63, 3.8) is 0 Å². The van der Waals surface area contributed by atoms with E-state index in [1.165, 1.54) is 0 Å². The molecule has 7 heteroatoms. The summed E-state index contributed by atoms with van der Waals surface area (Å²) >= 11 is 1.75. The summed E-state index contributed by atoms with van der Waals surface area (Å²) < 4.78 is 6.06. The SMILES string of the molecule is CS[C@H](C)CNC(=O)N1CC[C@H](Oc2cccnc2N(C)C)C1. The minimum atomic E-state index is -0.00369. The molecule has 0 radical (unpaired) electrons. The summed E-state index contributed by atoms with van der Waals surface area (Å²) in [6.07, 6.45) is 4.66. The lowest BCUT2D eigenvalue weighted by Gasteiger charge is -2.21. The first-order valence-corrected chi connectivity index (χ1v) is 9.14. The predicted octanol–water partition coefficient (Wildman–Crippen LogP) is 2.06. The molecule has 2 heterocycles. The van der Waals surface area contributed by atoms with E-state index in [9.17, 15) is 4.79 Å². The average molecular weight is 338 g/mol. The van der Waals surface area contributed by atoms with Gasteiger partial charge in [-0.15, -0.1) is 0 Å². The van der Waals surface area contributed by atoms with Gasteiger partial charge in [-0.2, -0.15) is 11.8 Å². The van der Waals surface area contributed by atoms with Crippen molar-refractivity contribution in [3.05, 3.63) is 18.3 Å². The van der Waals surface area contributed by atoms with Gasteiger partial charge in [0, 0.05) is 45.1 Å². The molecule has 128 valence electrons. The second-order valence-electron chi connectivity index (χ2n) is 5.93. The number of rotatable bonds is 6. The zero-order valence-corrected chi connectivity index (χ0v) is 15.1. The maximum absolute atomic E-state index is 12.2. The molecule has 23 heavy (non-hydrogen) atoms. The summed E-state index contributed by atoms with van der Waals surface area (Å²) in [6.45, 7) is 4.13. The number of nitrogens with one attached hydrogen (secondary N) is 1. The third-order valence-electron chi connectivity index (χ3n) is 3.84. The Morgan fingerprint density at radius 1 is 1.61 bits per heavy atom. The standard InChI is InChI=1S/C16H26N4O2S/c1-12(23-4)10-18-16(21)20-9-7-13(11-20)22-14-6-5-8-17-15(14)19(2)3/h5-6,8,12-13H,7,9-11H2,1-4H3,(H,18,21)/t12-,13+/m1/s1. The lowest BCUT2D eigenvalue weighted by Crippen LogP contribution is -2.41. The summed E-state index contributed by atoms with van der Waals surface area (Å²) in [5, 5.41) is 3.40. The van der Waals surface area contributed by atoms with Gasteiger partial charge in [-0.1, -0.05) is 6.92 Å². The van der Waals surface area contributed by atoms with Crippen molar-refractivity contribution < 1.29 is 9.53 Å². The fraction of sp³-hybridized carbons (Fsp3) is 0.625. The van der Waals surface area contributed by atoms with Crippen LogP contribution < -0.4 is 15.0 Å². The molecule has 1 saturated heterocycles. The van der Waals surface area contributed by atoms with E-state index in [1.807, 2.05) is 42.3 Å². The number of aromatic nitrogens is 1. The summed E-state index contributed by atoms with van der Waals surface area (Å²) in [6, 6.07) is 3.78. The Morgan fingerprint density at radius 2 is 2.39 bits per heavy atom. The van der Waals surface area contributed by atoms with Crippen LogP contribution in [0, 0.1) is 0 Å². The fourth-order valence-corrected chi connectivity index (χ4v) is 2.67. The number of carbonyl (C=O) groups is 1. The van der Waals surface area contributed by atoms with Gasteiger partial charge in [-0.25, -0.2) is 9.78 Å². The van der Waals surface area contributed by atoms with Crippen LogP contribution in [0.4, 0.5) is 10.6 Å². The van der Waals surface area contributed by atoms with Crippen LogP contribution in [0.25, 0.3) is 0 Å². The van der Waals surface area contributed by atoms with Crippen LogP contribution in [0.3, 0.4) is 0 Å². The summed E-state index contributed by atoms with van der Waals surface area (Å²) in [4.78, 5) is 20.3. The van der Waals surface area contributed by atoms with Gasteiger partial charge in [0.2, 0.25) is 0 Å². The molecule has 6 nitrogen and oxygen atoms in total. The molecule has 1 N–H and O–H groups in total. The largest absolute Gasteiger partial charge is 0.485 e. The predicted molar refractivity (Wildman–Crippen MR) is 95.5 cm³/mol. The second kappa shape index (κ2) is 8.29. The number of carbonyl (C=O) groups excluding carboxylic acids is 1. The number of anilines is 1. The Labute approximate surface area is 142 Å². The molecule has 2 amide bonds. The van der Waals surface area contributed by atoms with Crippen molar-refractivity contribution in [1.29, 1.82) is 0 Å². The quantitative estimate of drug-likeness (QED) is 0.860. The van der Waals surface area contributed by atoms with E-state index in [2.05, 4.69) is 17.2 Å². The van der Waals surface area contributed by atoms with Gasteiger partial charge in [-0.3, -0.25) is 0 Å². The van der Waals surface area contributed by atoms with E-state index in [0.717, 1.165) is 24.5 Å². The van der Waals surface area contributed by atoms with Gasteiger partial charge in [0.15, 0.2) is 11.6 Å². The minimum absolute atomic E-state index is 0.00369. The Kier molecular flexibility index (Phi) is 6.38. The molecule has 1 aliphatic rings. The molecule has 0 bridgehead atoms. The number of hydrogen-bond donors (Lipinski definition) is 1. The number of urea groups is 1. The highest BCUT2D eigenvalue weighted by Crippen LogP contribution is 2.26. The maximum atomic E-state index is 12.2. The van der Waals surface area contributed by atoms with Gasteiger partial charge >= 0.3 is 6.03 Å². The molecule has 2 rings (SSSR count). The van der Waals surface area contributed by atoms with Gasteiger partial charge < -0.3 is 19.9 Å². The highest BCUT2D eigenvalue weighted by Gasteiger charge is 2.28.